The Morgan fingerprint density at radius 3 is 2.74 bits per heavy atom. The summed E-state index contributed by atoms with van der Waals surface area (Å²) in [5, 5.41) is 4.13. The molecule has 0 spiro atoms. The van der Waals surface area contributed by atoms with Gasteiger partial charge in [0, 0.05) is 23.7 Å². The molecule has 7 nitrogen and oxygen atoms in total. The molecule has 1 aromatic carbocycles. The Bertz CT molecular complexity index is 951. The average molecular weight is 363 g/mol. The highest BCUT2D eigenvalue weighted by molar-refractivity contribution is 5.95. The van der Waals surface area contributed by atoms with E-state index in [2.05, 4.69) is 15.1 Å². The lowest BCUT2D eigenvalue weighted by molar-refractivity contribution is 0.0602. The van der Waals surface area contributed by atoms with E-state index in [4.69, 9.17) is 10.3 Å². The van der Waals surface area contributed by atoms with Gasteiger partial charge >= 0.3 is 0 Å². The Labute approximate surface area is 157 Å². The van der Waals surface area contributed by atoms with E-state index in [1.807, 2.05) is 42.2 Å². The van der Waals surface area contributed by atoms with Crippen LogP contribution in [0.1, 0.15) is 47.1 Å². The predicted octanol–water partition coefficient (Wildman–Crippen LogP) is 3.39. The third-order valence-electron chi connectivity index (χ3n) is 4.83. The van der Waals surface area contributed by atoms with Crippen molar-refractivity contribution in [3.8, 4) is 11.3 Å². The fourth-order valence-corrected chi connectivity index (χ4v) is 3.49. The van der Waals surface area contributed by atoms with Crippen molar-refractivity contribution in [1.82, 2.24) is 20.0 Å². The molecule has 3 aromatic rings. The lowest BCUT2D eigenvalue weighted by atomic mass is 9.97. The number of likely N-dealkylation sites (tertiary alicyclic amines) is 1. The second-order valence-corrected chi connectivity index (χ2v) is 6.78. The topological polar surface area (TPSA) is 98.1 Å². The van der Waals surface area contributed by atoms with Crippen LogP contribution in [-0.2, 0) is 0 Å². The molecular weight excluding hydrogens is 342 g/mol. The SMILES string of the molecule is Cc1cc(C2CCCCN2C(=O)c2ccc(-c3cncc(N)n3)cc2)no1. The zero-order chi connectivity index (χ0) is 18.8. The number of nitrogens with two attached hydrogens (primary N) is 1. The molecule has 2 N–H and O–H groups in total. The maximum absolute atomic E-state index is 13.1. The van der Waals surface area contributed by atoms with Crippen LogP contribution >= 0.6 is 0 Å². The second kappa shape index (κ2) is 7.19. The molecule has 27 heavy (non-hydrogen) atoms. The van der Waals surface area contributed by atoms with E-state index in [0.717, 1.165) is 42.8 Å². The number of aromatic nitrogens is 3. The van der Waals surface area contributed by atoms with Gasteiger partial charge in [0.2, 0.25) is 0 Å². The van der Waals surface area contributed by atoms with Crippen LogP contribution in [0.25, 0.3) is 11.3 Å². The molecule has 1 aliphatic rings. The van der Waals surface area contributed by atoms with Crippen LogP contribution in [0, 0.1) is 6.92 Å². The average Bonchev–Trinajstić information content (AvgIpc) is 3.14. The number of nitrogens with zero attached hydrogens (tertiary/aromatic N) is 4. The van der Waals surface area contributed by atoms with Crippen LogP contribution in [0.15, 0.2) is 47.2 Å². The van der Waals surface area contributed by atoms with E-state index in [1.165, 1.54) is 6.20 Å². The van der Waals surface area contributed by atoms with Crippen molar-refractivity contribution < 1.29 is 9.32 Å². The Kier molecular flexibility index (Phi) is 4.58. The minimum Gasteiger partial charge on any atom is -0.382 e. The van der Waals surface area contributed by atoms with Crippen molar-refractivity contribution in [2.24, 2.45) is 0 Å². The number of piperidine rings is 1. The molecule has 0 bridgehead atoms. The first-order valence-corrected chi connectivity index (χ1v) is 9.04. The van der Waals surface area contributed by atoms with Gasteiger partial charge < -0.3 is 15.2 Å². The van der Waals surface area contributed by atoms with Crippen molar-refractivity contribution in [1.29, 1.82) is 0 Å². The number of hydrogen-bond acceptors (Lipinski definition) is 6. The zero-order valence-corrected chi connectivity index (χ0v) is 15.1. The van der Waals surface area contributed by atoms with Crippen molar-refractivity contribution in [3.63, 3.8) is 0 Å². The summed E-state index contributed by atoms with van der Waals surface area (Å²) in [6.07, 6.45) is 6.13. The predicted molar refractivity (Wildman–Crippen MR) is 101 cm³/mol. The Hall–Kier alpha value is -3.22. The van der Waals surface area contributed by atoms with Gasteiger partial charge in [-0.3, -0.25) is 9.78 Å². The number of carbonyl (C=O) groups excluding carboxylic acids is 1. The third-order valence-corrected chi connectivity index (χ3v) is 4.83. The highest BCUT2D eigenvalue weighted by Gasteiger charge is 2.30. The Balaban J connectivity index is 1.57. The molecule has 1 unspecified atom stereocenters. The van der Waals surface area contributed by atoms with Crippen LogP contribution in [0.3, 0.4) is 0 Å². The molecule has 1 aliphatic heterocycles. The number of amides is 1. The largest absolute Gasteiger partial charge is 0.382 e. The van der Waals surface area contributed by atoms with Crippen LogP contribution < -0.4 is 5.73 Å². The van der Waals surface area contributed by atoms with Crippen molar-refractivity contribution in [2.45, 2.75) is 32.2 Å². The monoisotopic (exact) mass is 363 g/mol. The molecule has 3 heterocycles. The maximum Gasteiger partial charge on any atom is 0.254 e. The van der Waals surface area contributed by atoms with Gasteiger partial charge in [0.05, 0.1) is 24.1 Å². The number of benzene rings is 1. The summed E-state index contributed by atoms with van der Waals surface area (Å²) in [4.78, 5) is 23.3. The van der Waals surface area contributed by atoms with Gasteiger partial charge in [-0.15, -0.1) is 0 Å². The first kappa shape index (κ1) is 17.2. The van der Waals surface area contributed by atoms with Gasteiger partial charge in [0.15, 0.2) is 0 Å². The lowest BCUT2D eigenvalue weighted by Crippen LogP contribution is -2.38. The molecular formula is C20H21N5O2. The first-order chi connectivity index (χ1) is 13.1. The van der Waals surface area contributed by atoms with E-state index in [0.29, 0.717) is 17.1 Å². The van der Waals surface area contributed by atoms with Crippen LogP contribution in [-0.4, -0.2) is 32.5 Å². The number of hydrogen-bond donors (Lipinski definition) is 1. The van der Waals surface area contributed by atoms with E-state index in [-0.39, 0.29) is 11.9 Å². The van der Waals surface area contributed by atoms with Crippen LogP contribution in [0.5, 0.6) is 0 Å². The van der Waals surface area contributed by atoms with Crippen molar-refractivity contribution in [3.05, 3.63) is 59.7 Å². The summed E-state index contributed by atoms with van der Waals surface area (Å²) in [5.74, 6) is 1.13. The number of nitrogen functional groups attached to an aromatic ring is 1. The van der Waals surface area contributed by atoms with Crippen molar-refractivity contribution in [2.75, 3.05) is 12.3 Å². The Morgan fingerprint density at radius 1 is 1.22 bits per heavy atom. The number of anilines is 1. The van der Waals surface area contributed by atoms with E-state index >= 15 is 0 Å². The quantitative estimate of drug-likeness (QED) is 0.766. The van der Waals surface area contributed by atoms with Crippen molar-refractivity contribution >= 4 is 11.7 Å². The van der Waals surface area contributed by atoms with Gasteiger partial charge in [0.1, 0.15) is 17.3 Å². The number of aryl methyl sites for hydroxylation is 1. The summed E-state index contributed by atoms with van der Waals surface area (Å²) >= 11 is 0. The van der Waals surface area contributed by atoms with Gasteiger partial charge in [0.25, 0.3) is 5.91 Å². The summed E-state index contributed by atoms with van der Waals surface area (Å²) in [5.41, 5.74) is 8.72. The van der Waals surface area contributed by atoms with Gasteiger partial charge in [-0.05, 0) is 38.3 Å². The second-order valence-electron chi connectivity index (χ2n) is 6.78. The fourth-order valence-electron chi connectivity index (χ4n) is 3.49. The molecule has 1 atom stereocenters. The van der Waals surface area contributed by atoms with E-state index < -0.39 is 0 Å². The molecule has 1 fully saturated rings. The summed E-state index contributed by atoms with van der Waals surface area (Å²) in [6, 6.07) is 9.26. The first-order valence-electron chi connectivity index (χ1n) is 9.04. The molecule has 138 valence electrons. The lowest BCUT2D eigenvalue weighted by Gasteiger charge is -2.34. The third kappa shape index (κ3) is 3.53. The van der Waals surface area contributed by atoms with Gasteiger partial charge in [-0.25, -0.2) is 4.98 Å². The number of rotatable bonds is 3. The maximum atomic E-state index is 13.1. The van der Waals surface area contributed by atoms with Crippen LogP contribution in [0.2, 0.25) is 0 Å². The minimum atomic E-state index is -0.0387. The molecule has 7 heteroatoms. The van der Waals surface area contributed by atoms with E-state index in [1.54, 1.807) is 6.20 Å². The molecule has 2 aromatic heterocycles. The smallest absolute Gasteiger partial charge is 0.254 e. The highest BCUT2D eigenvalue weighted by Crippen LogP contribution is 2.32. The van der Waals surface area contributed by atoms with Crippen LogP contribution in [0.4, 0.5) is 5.82 Å². The molecule has 4 rings (SSSR count). The fraction of sp³-hybridized carbons (Fsp3) is 0.300. The van der Waals surface area contributed by atoms with Gasteiger partial charge in [-0.1, -0.05) is 17.3 Å². The van der Waals surface area contributed by atoms with Gasteiger partial charge in [-0.2, -0.15) is 0 Å². The highest BCUT2D eigenvalue weighted by atomic mass is 16.5. The minimum absolute atomic E-state index is 0.00515. The summed E-state index contributed by atoms with van der Waals surface area (Å²) in [6.45, 7) is 2.58. The standard InChI is InChI=1S/C20H21N5O2/c1-13-10-16(24-27-13)18-4-2-3-9-25(18)20(26)15-7-5-14(6-8-15)17-11-22-12-19(21)23-17/h5-8,10-12,18H,2-4,9H2,1H3,(H2,21,23). The van der Waals surface area contributed by atoms with E-state index in [9.17, 15) is 4.79 Å². The number of carbonyl (C=O) groups is 1. The zero-order valence-electron chi connectivity index (χ0n) is 15.1. The normalized spacial score (nSPS) is 17.1. The summed E-state index contributed by atoms with van der Waals surface area (Å²) < 4.78 is 5.21. The Morgan fingerprint density at radius 2 is 2.04 bits per heavy atom. The molecule has 0 aliphatic carbocycles. The molecule has 0 saturated carbocycles. The molecule has 0 radical (unpaired) electrons. The molecule has 1 amide bonds. The summed E-state index contributed by atoms with van der Waals surface area (Å²) in [7, 11) is 0. The molecule has 1 saturated heterocycles.